The highest BCUT2D eigenvalue weighted by Crippen LogP contribution is 2.43. The zero-order valence-electron chi connectivity index (χ0n) is 21.1. The van der Waals surface area contributed by atoms with Gasteiger partial charge >= 0.3 is 6.18 Å². The first-order chi connectivity index (χ1) is 18.8. The smallest absolute Gasteiger partial charge is 0.418 e. The summed E-state index contributed by atoms with van der Waals surface area (Å²) in [6.07, 6.45) is -0.444. The average molecular weight is 530 g/mol. The molecule has 0 radical (unpaired) electrons. The molecule has 3 heterocycles. The van der Waals surface area contributed by atoms with E-state index >= 15 is 0 Å². The van der Waals surface area contributed by atoms with Crippen molar-refractivity contribution < 1.29 is 22.4 Å². The molecule has 1 aliphatic heterocycles. The van der Waals surface area contributed by atoms with E-state index in [1.807, 2.05) is 53.1 Å². The van der Waals surface area contributed by atoms with Crippen molar-refractivity contribution in [2.45, 2.75) is 32.0 Å². The number of Topliss-reactive ketones (excluding diaryl/α,β-unsaturated/α-hetero) is 1. The Hall–Kier alpha value is -3.91. The van der Waals surface area contributed by atoms with E-state index in [1.165, 1.54) is 6.07 Å². The highest BCUT2D eigenvalue weighted by atomic mass is 19.4. The molecule has 198 valence electrons. The van der Waals surface area contributed by atoms with Crippen molar-refractivity contribution in [3.63, 3.8) is 0 Å². The number of carbonyl (C=O) groups excluding carboxylic acids is 1. The van der Waals surface area contributed by atoms with Crippen molar-refractivity contribution in [2.24, 2.45) is 11.3 Å². The van der Waals surface area contributed by atoms with Gasteiger partial charge in [-0.05, 0) is 67.3 Å². The van der Waals surface area contributed by atoms with Crippen molar-refractivity contribution in [2.75, 3.05) is 13.1 Å². The van der Waals surface area contributed by atoms with Crippen molar-refractivity contribution in [3.8, 4) is 22.5 Å². The molecule has 0 unspecified atom stereocenters. The maximum atomic E-state index is 14.0. The van der Waals surface area contributed by atoms with Crippen LogP contribution in [0.1, 0.15) is 24.8 Å². The topological polar surface area (TPSA) is 60.1 Å². The third-order valence-corrected chi connectivity index (χ3v) is 8.19. The summed E-state index contributed by atoms with van der Waals surface area (Å²) in [6.45, 7) is 1.53. The van der Waals surface area contributed by atoms with Crippen molar-refractivity contribution in [3.05, 3.63) is 78.6 Å². The number of fused-ring (bicyclic) bond motifs is 2. The number of benzene rings is 3. The molecule has 0 bridgehead atoms. The molecule has 39 heavy (non-hydrogen) atoms. The summed E-state index contributed by atoms with van der Waals surface area (Å²) in [5.74, 6) is 0.714. The van der Waals surface area contributed by atoms with Crippen LogP contribution in [-0.4, -0.2) is 28.4 Å². The molecule has 5 aromatic rings. The number of alkyl halides is 3. The normalized spacial score (nSPS) is 19.8. The Bertz CT molecular complexity index is 1710. The number of halogens is 3. The molecule has 8 heteroatoms. The summed E-state index contributed by atoms with van der Waals surface area (Å²) >= 11 is 0. The molecular formula is C31H26F3N3O2. The number of nitrogens with one attached hydrogen (secondary N) is 1. The second kappa shape index (κ2) is 8.81. The number of ketones is 1. The molecule has 1 saturated carbocycles. The minimum atomic E-state index is -4.54. The molecule has 5 nitrogen and oxygen atoms in total. The zero-order chi connectivity index (χ0) is 26.8. The lowest BCUT2D eigenvalue weighted by atomic mass is 9.80. The van der Waals surface area contributed by atoms with Crippen molar-refractivity contribution in [1.82, 2.24) is 14.9 Å². The quantitative estimate of drug-likeness (QED) is 0.255. The summed E-state index contributed by atoms with van der Waals surface area (Å²) in [5.41, 5.74) is 2.37. The van der Waals surface area contributed by atoms with Gasteiger partial charge in [-0.2, -0.15) is 13.2 Å². The molecule has 2 fully saturated rings. The van der Waals surface area contributed by atoms with Crippen LogP contribution in [0, 0.1) is 11.3 Å². The van der Waals surface area contributed by atoms with Gasteiger partial charge in [0.25, 0.3) is 0 Å². The minimum absolute atomic E-state index is 0.0562. The Morgan fingerprint density at radius 3 is 2.51 bits per heavy atom. The van der Waals surface area contributed by atoms with Gasteiger partial charge in [0, 0.05) is 30.0 Å². The van der Waals surface area contributed by atoms with Crippen LogP contribution in [0.15, 0.2) is 77.4 Å². The maximum absolute atomic E-state index is 14.0. The van der Waals surface area contributed by atoms with Gasteiger partial charge in [-0.3, -0.25) is 4.79 Å². The fourth-order valence-corrected chi connectivity index (χ4v) is 5.96. The Morgan fingerprint density at radius 2 is 1.79 bits per heavy atom. The lowest BCUT2D eigenvalue weighted by Crippen LogP contribution is -2.39. The van der Waals surface area contributed by atoms with Crippen molar-refractivity contribution >= 4 is 27.8 Å². The van der Waals surface area contributed by atoms with Crippen LogP contribution in [0.3, 0.4) is 0 Å². The van der Waals surface area contributed by atoms with E-state index in [-0.39, 0.29) is 17.2 Å². The molecule has 1 aliphatic carbocycles. The van der Waals surface area contributed by atoms with E-state index in [9.17, 15) is 18.0 Å². The number of nitrogens with zero attached hydrogens (tertiary/aromatic N) is 2. The highest BCUT2D eigenvalue weighted by Gasteiger charge is 2.48. The average Bonchev–Trinajstić information content (AvgIpc) is 3.31. The molecule has 0 spiro atoms. The Morgan fingerprint density at radius 1 is 1.03 bits per heavy atom. The number of imidazole rings is 1. The number of hydrogen-bond acceptors (Lipinski definition) is 4. The lowest BCUT2D eigenvalue weighted by molar-refractivity contribution is -0.136. The zero-order valence-corrected chi connectivity index (χ0v) is 21.1. The number of aromatic nitrogens is 2. The van der Waals surface area contributed by atoms with Gasteiger partial charge in [0.05, 0.1) is 22.8 Å². The molecule has 1 saturated heterocycles. The van der Waals surface area contributed by atoms with Gasteiger partial charge in [0.15, 0.2) is 0 Å². The molecule has 1 N–H and O–H groups in total. The van der Waals surface area contributed by atoms with Gasteiger partial charge in [-0.25, -0.2) is 4.98 Å². The number of hydrogen-bond donors (Lipinski definition) is 1. The third-order valence-electron chi connectivity index (χ3n) is 8.19. The number of rotatable bonds is 6. The second-order valence-electron chi connectivity index (χ2n) is 10.8. The van der Waals surface area contributed by atoms with E-state index in [0.29, 0.717) is 43.0 Å². The number of furan rings is 1. The van der Waals surface area contributed by atoms with Gasteiger partial charge in [0.2, 0.25) is 0 Å². The monoisotopic (exact) mass is 529 g/mol. The van der Waals surface area contributed by atoms with E-state index in [2.05, 4.69) is 10.3 Å². The Labute approximate surface area is 222 Å². The van der Waals surface area contributed by atoms with Gasteiger partial charge in [-0.1, -0.05) is 36.4 Å². The fourth-order valence-electron chi connectivity index (χ4n) is 5.96. The summed E-state index contributed by atoms with van der Waals surface area (Å²) in [7, 11) is 0. The van der Waals surface area contributed by atoms with Gasteiger partial charge < -0.3 is 14.3 Å². The minimum Gasteiger partial charge on any atom is -0.464 e. The standard InChI is InChI=1S/C31H26F3N3O2/c32-31(33,34)24-2-1-3-25-27(24)36-29(37(25)18-30(13-14-35-17-30)28(38)20-6-7-20)21-8-4-19(5-9-21)22-10-11-26-23(16-22)12-15-39-26/h1-5,8-12,15-16,20,35H,6-7,13-14,17-18H2/t30-/m0/s1. The van der Waals surface area contributed by atoms with Crippen molar-refractivity contribution in [1.29, 1.82) is 0 Å². The first-order valence-corrected chi connectivity index (χ1v) is 13.2. The highest BCUT2D eigenvalue weighted by molar-refractivity contribution is 5.90. The SMILES string of the molecule is O=C(C1CC1)[C@@]1(Cn2c(-c3ccc(-c4ccc5occc5c4)cc3)nc3c(C(F)(F)F)cccc32)CCNC1. The van der Waals surface area contributed by atoms with E-state index < -0.39 is 17.2 Å². The molecule has 3 aromatic carbocycles. The van der Waals surface area contributed by atoms with Crippen LogP contribution in [0.4, 0.5) is 13.2 Å². The maximum Gasteiger partial charge on any atom is 0.418 e. The molecule has 1 atom stereocenters. The summed E-state index contributed by atoms with van der Waals surface area (Å²) in [5, 5.41) is 4.32. The first-order valence-electron chi connectivity index (χ1n) is 13.2. The van der Waals surface area contributed by atoms with E-state index in [4.69, 9.17) is 4.42 Å². The largest absolute Gasteiger partial charge is 0.464 e. The Balaban J connectivity index is 1.35. The van der Waals surface area contributed by atoms with Crippen LogP contribution >= 0.6 is 0 Å². The molecule has 0 amide bonds. The number of para-hydroxylation sites is 1. The van der Waals surface area contributed by atoms with E-state index in [0.717, 1.165) is 41.0 Å². The molecular weight excluding hydrogens is 503 g/mol. The first kappa shape index (κ1) is 24.2. The summed E-state index contributed by atoms with van der Waals surface area (Å²) in [6, 6.07) is 19.7. The molecule has 2 aromatic heterocycles. The molecule has 2 aliphatic rings. The predicted octanol–water partition coefficient (Wildman–Crippen LogP) is 7.09. The summed E-state index contributed by atoms with van der Waals surface area (Å²) in [4.78, 5) is 18.1. The number of carbonyl (C=O) groups is 1. The second-order valence-corrected chi connectivity index (χ2v) is 10.8. The molecule has 7 rings (SSSR count). The van der Waals surface area contributed by atoms with Crippen LogP contribution in [0.2, 0.25) is 0 Å². The van der Waals surface area contributed by atoms with Crippen LogP contribution < -0.4 is 5.32 Å². The van der Waals surface area contributed by atoms with E-state index in [1.54, 1.807) is 12.3 Å². The Kier molecular flexibility index (Phi) is 5.46. The van der Waals surface area contributed by atoms with Crippen LogP contribution in [-0.2, 0) is 17.5 Å². The fraction of sp³-hybridized carbons (Fsp3) is 0.290. The predicted molar refractivity (Wildman–Crippen MR) is 143 cm³/mol. The summed E-state index contributed by atoms with van der Waals surface area (Å²) < 4.78 is 49.3. The lowest BCUT2D eigenvalue weighted by Gasteiger charge is -2.28. The van der Waals surface area contributed by atoms with Gasteiger partial charge in [0.1, 0.15) is 22.7 Å². The van der Waals surface area contributed by atoms with Crippen LogP contribution in [0.25, 0.3) is 44.5 Å². The van der Waals surface area contributed by atoms with Crippen LogP contribution in [0.5, 0.6) is 0 Å². The van der Waals surface area contributed by atoms with Gasteiger partial charge in [-0.15, -0.1) is 0 Å². The third kappa shape index (κ3) is 4.14.